The fourth-order valence-electron chi connectivity index (χ4n) is 2.31. The zero-order chi connectivity index (χ0) is 10.7. The van der Waals surface area contributed by atoms with E-state index < -0.39 is 0 Å². The summed E-state index contributed by atoms with van der Waals surface area (Å²) in [5.74, 6) is 1.12. The molecule has 0 saturated carbocycles. The number of rotatable bonds is 4. The Hall–Kier alpha value is -0.800. The van der Waals surface area contributed by atoms with Gasteiger partial charge in [-0.25, -0.2) is 0 Å². The van der Waals surface area contributed by atoms with Crippen molar-refractivity contribution in [3.63, 3.8) is 0 Å². The van der Waals surface area contributed by atoms with Crippen LogP contribution in [0.4, 0.5) is 0 Å². The molecule has 0 amide bonds. The normalized spacial score (nSPS) is 28.1. The van der Waals surface area contributed by atoms with Crippen LogP contribution in [0.1, 0.15) is 25.5 Å². The molecule has 3 nitrogen and oxygen atoms in total. The summed E-state index contributed by atoms with van der Waals surface area (Å²) in [6, 6.07) is 3.75. The van der Waals surface area contributed by atoms with E-state index in [4.69, 9.17) is 9.15 Å². The lowest BCUT2D eigenvalue weighted by Gasteiger charge is -2.21. The van der Waals surface area contributed by atoms with Crippen molar-refractivity contribution < 1.29 is 14.3 Å². The number of ether oxygens (including phenoxy) is 1. The van der Waals surface area contributed by atoms with Crippen LogP contribution in [0.5, 0.6) is 0 Å². The molecule has 1 fully saturated rings. The molecule has 15 heavy (non-hydrogen) atoms. The smallest absolute Gasteiger partial charge is 0.106 e. The minimum absolute atomic E-state index is 0.218. The number of aliphatic hydroxyl groups is 1. The van der Waals surface area contributed by atoms with Crippen LogP contribution in [0.25, 0.3) is 0 Å². The van der Waals surface area contributed by atoms with Crippen molar-refractivity contribution in [3.05, 3.63) is 24.2 Å². The second-order valence-electron chi connectivity index (χ2n) is 4.12. The lowest BCUT2D eigenvalue weighted by atomic mass is 9.91. The molecular formula is C12H18O3. The molecule has 84 valence electrons. The SMILES string of the molecule is CCC1OCCC1C(O)Cc1ccco1. The van der Waals surface area contributed by atoms with Crippen LogP contribution in [0.2, 0.25) is 0 Å². The van der Waals surface area contributed by atoms with E-state index in [1.54, 1.807) is 6.26 Å². The molecule has 3 heteroatoms. The van der Waals surface area contributed by atoms with Gasteiger partial charge in [0.2, 0.25) is 0 Å². The van der Waals surface area contributed by atoms with Crippen LogP contribution in [0.15, 0.2) is 22.8 Å². The van der Waals surface area contributed by atoms with Crippen molar-refractivity contribution >= 4 is 0 Å². The molecule has 0 aliphatic carbocycles. The van der Waals surface area contributed by atoms with Gasteiger partial charge in [0.25, 0.3) is 0 Å². The molecule has 1 saturated heterocycles. The van der Waals surface area contributed by atoms with Crippen LogP contribution in [0, 0.1) is 5.92 Å². The molecule has 0 radical (unpaired) electrons. The zero-order valence-electron chi connectivity index (χ0n) is 9.06. The second-order valence-corrected chi connectivity index (χ2v) is 4.12. The summed E-state index contributed by atoms with van der Waals surface area (Å²) >= 11 is 0. The van der Waals surface area contributed by atoms with E-state index in [1.165, 1.54) is 0 Å². The zero-order valence-corrected chi connectivity index (χ0v) is 9.06. The quantitative estimate of drug-likeness (QED) is 0.826. The number of hydrogen-bond acceptors (Lipinski definition) is 3. The van der Waals surface area contributed by atoms with E-state index >= 15 is 0 Å². The number of aliphatic hydroxyl groups excluding tert-OH is 1. The van der Waals surface area contributed by atoms with Crippen molar-refractivity contribution in [3.8, 4) is 0 Å². The highest BCUT2D eigenvalue weighted by atomic mass is 16.5. The Bertz CT molecular complexity index is 281. The van der Waals surface area contributed by atoms with E-state index in [2.05, 4.69) is 6.92 Å². The monoisotopic (exact) mass is 210 g/mol. The maximum absolute atomic E-state index is 10.1. The molecule has 0 aromatic carbocycles. The third-order valence-electron chi connectivity index (χ3n) is 3.15. The summed E-state index contributed by atoms with van der Waals surface area (Å²) in [5, 5.41) is 10.1. The average molecular weight is 210 g/mol. The summed E-state index contributed by atoms with van der Waals surface area (Å²) in [4.78, 5) is 0. The fraction of sp³-hybridized carbons (Fsp3) is 0.667. The minimum atomic E-state index is -0.344. The molecule has 1 aliphatic heterocycles. The molecule has 1 aliphatic rings. The van der Waals surface area contributed by atoms with E-state index in [0.29, 0.717) is 6.42 Å². The molecule has 3 unspecified atom stereocenters. The topological polar surface area (TPSA) is 42.6 Å². The van der Waals surface area contributed by atoms with Gasteiger partial charge >= 0.3 is 0 Å². The van der Waals surface area contributed by atoms with Gasteiger partial charge in [-0.1, -0.05) is 6.92 Å². The van der Waals surface area contributed by atoms with Crippen molar-refractivity contribution in [1.82, 2.24) is 0 Å². The summed E-state index contributed by atoms with van der Waals surface area (Å²) in [7, 11) is 0. The van der Waals surface area contributed by atoms with Gasteiger partial charge < -0.3 is 14.3 Å². The first-order valence-electron chi connectivity index (χ1n) is 5.63. The first-order chi connectivity index (χ1) is 7.31. The standard InChI is InChI=1S/C12H18O3/c1-2-12-10(5-7-15-12)11(13)8-9-4-3-6-14-9/h3-4,6,10-13H,2,5,7-8H2,1H3. The summed E-state index contributed by atoms with van der Waals surface area (Å²) in [6.45, 7) is 2.88. The molecule has 3 atom stereocenters. The summed E-state index contributed by atoms with van der Waals surface area (Å²) < 4.78 is 10.8. The Kier molecular flexibility index (Phi) is 3.44. The molecule has 1 aromatic heterocycles. The third-order valence-corrected chi connectivity index (χ3v) is 3.15. The highest BCUT2D eigenvalue weighted by Crippen LogP contribution is 2.28. The molecule has 2 heterocycles. The van der Waals surface area contributed by atoms with Crippen LogP contribution in [-0.2, 0) is 11.2 Å². The first-order valence-corrected chi connectivity index (χ1v) is 5.63. The Balaban J connectivity index is 1.92. The van der Waals surface area contributed by atoms with E-state index in [9.17, 15) is 5.11 Å². The average Bonchev–Trinajstić information content (AvgIpc) is 2.86. The lowest BCUT2D eigenvalue weighted by molar-refractivity contribution is 0.0297. The number of furan rings is 1. The van der Waals surface area contributed by atoms with Crippen LogP contribution >= 0.6 is 0 Å². The summed E-state index contributed by atoms with van der Waals surface area (Å²) in [5.41, 5.74) is 0. The van der Waals surface area contributed by atoms with E-state index in [1.807, 2.05) is 12.1 Å². The van der Waals surface area contributed by atoms with Gasteiger partial charge in [-0.3, -0.25) is 0 Å². The Morgan fingerprint density at radius 2 is 2.47 bits per heavy atom. The van der Waals surface area contributed by atoms with Gasteiger partial charge in [0, 0.05) is 18.9 Å². The van der Waals surface area contributed by atoms with Gasteiger partial charge in [0.05, 0.1) is 18.5 Å². The molecule has 1 aromatic rings. The molecule has 1 N–H and O–H groups in total. The molecule has 0 spiro atoms. The van der Waals surface area contributed by atoms with Crippen molar-refractivity contribution in [2.45, 2.75) is 38.4 Å². The Morgan fingerprint density at radius 1 is 1.60 bits per heavy atom. The van der Waals surface area contributed by atoms with E-state index in [0.717, 1.165) is 25.2 Å². The number of hydrogen-bond donors (Lipinski definition) is 1. The van der Waals surface area contributed by atoms with Crippen molar-refractivity contribution in [2.75, 3.05) is 6.61 Å². The predicted octanol–water partition coefficient (Wildman–Crippen LogP) is 2.00. The third kappa shape index (κ3) is 2.41. The predicted molar refractivity (Wildman–Crippen MR) is 56.6 cm³/mol. The highest BCUT2D eigenvalue weighted by Gasteiger charge is 2.32. The van der Waals surface area contributed by atoms with Crippen molar-refractivity contribution in [2.24, 2.45) is 5.92 Å². The van der Waals surface area contributed by atoms with Gasteiger partial charge in [-0.2, -0.15) is 0 Å². The second kappa shape index (κ2) is 4.81. The maximum atomic E-state index is 10.1. The molecular weight excluding hydrogens is 192 g/mol. The molecule has 2 rings (SSSR count). The first kappa shape index (κ1) is 10.7. The van der Waals surface area contributed by atoms with Gasteiger partial charge in [0.15, 0.2) is 0 Å². The Labute approximate surface area is 90.0 Å². The largest absolute Gasteiger partial charge is 0.469 e. The minimum Gasteiger partial charge on any atom is -0.469 e. The van der Waals surface area contributed by atoms with Crippen molar-refractivity contribution in [1.29, 1.82) is 0 Å². The molecule has 0 bridgehead atoms. The summed E-state index contributed by atoms with van der Waals surface area (Å²) in [6.07, 6.45) is 4.04. The van der Waals surface area contributed by atoms with Crippen LogP contribution < -0.4 is 0 Å². The lowest BCUT2D eigenvalue weighted by Crippen LogP contribution is -2.29. The highest BCUT2D eigenvalue weighted by molar-refractivity contribution is 5.01. The van der Waals surface area contributed by atoms with E-state index in [-0.39, 0.29) is 18.1 Å². The fourth-order valence-corrected chi connectivity index (χ4v) is 2.31. The van der Waals surface area contributed by atoms with Gasteiger partial charge in [-0.05, 0) is 25.0 Å². The Morgan fingerprint density at radius 3 is 3.13 bits per heavy atom. The van der Waals surface area contributed by atoms with Crippen LogP contribution in [-0.4, -0.2) is 23.9 Å². The van der Waals surface area contributed by atoms with Gasteiger partial charge in [-0.15, -0.1) is 0 Å². The van der Waals surface area contributed by atoms with Crippen LogP contribution in [0.3, 0.4) is 0 Å². The van der Waals surface area contributed by atoms with Gasteiger partial charge in [0.1, 0.15) is 5.76 Å². The maximum Gasteiger partial charge on any atom is 0.106 e.